The third-order valence-electron chi connectivity index (χ3n) is 5.79. The van der Waals surface area contributed by atoms with Crippen molar-refractivity contribution >= 4 is 57.8 Å². The molecular formula is C30H21PS3. The third-order valence-corrected chi connectivity index (χ3v) is 11.0. The number of benzene rings is 3. The molecule has 0 fully saturated rings. The monoisotopic (exact) mass is 508 g/mol. The second-order valence-corrected chi connectivity index (χ2v) is 13.0. The van der Waals surface area contributed by atoms with Crippen LogP contribution in [0.1, 0.15) is 0 Å². The molecule has 0 N–H and O–H groups in total. The van der Waals surface area contributed by atoms with E-state index in [1.807, 2.05) is 0 Å². The van der Waals surface area contributed by atoms with Crippen LogP contribution < -0.4 is 15.9 Å². The van der Waals surface area contributed by atoms with Gasteiger partial charge >= 0.3 is 0 Å². The van der Waals surface area contributed by atoms with E-state index in [-0.39, 0.29) is 0 Å². The van der Waals surface area contributed by atoms with Crippen molar-refractivity contribution in [1.82, 2.24) is 0 Å². The van der Waals surface area contributed by atoms with Crippen LogP contribution in [0.15, 0.2) is 125 Å². The van der Waals surface area contributed by atoms with Crippen molar-refractivity contribution in [1.29, 1.82) is 0 Å². The van der Waals surface area contributed by atoms with Crippen molar-refractivity contribution in [3.63, 3.8) is 0 Å². The van der Waals surface area contributed by atoms with Gasteiger partial charge in [0.25, 0.3) is 0 Å². The van der Waals surface area contributed by atoms with Crippen LogP contribution in [0, 0.1) is 0 Å². The molecule has 6 rings (SSSR count). The van der Waals surface area contributed by atoms with E-state index in [0.717, 1.165) is 0 Å². The highest BCUT2D eigenvalue weighted by molar-refractivity contribution is 7.79. The molecular weight excluding hydrogens is 488 g/mol. The molecule has 0 aliphatic carbocycles. The molecule has 34 heavy (non-hydrogen) atoms. The zero-order chi connectivity index (χ0) is 22.7. The van der Waals surface area contributed by atoms with E-state index in [1.54, 1.807) is 34.0 Å². The van der Waals surface area contributed by atoms with Crippen molar-refractivity contribution in [3.05, 3.63) is 125 Å². The lowest BCUT2D eigenvalue weighted by Gasteiger charge is -2.20. The second-order valence-electron chi connectivity index (χ2n) is 7.91. The summed E-state index contributed by atoms with van der Waals surface area (Å²) in [7, 11) is -0.645. The molecule has 6 aromatic rings. The molecule has 0 atom stereocenters. The summed E-state index contributed by atoms with van der Waals surface area (Å²) < 4.78 is 0. The van der Waals surface area contributed by atoms with E-state index in [9.17, 15) is 0 Å². The maximum atomic E-state index is 2.32. The van der Waals surface area contributed by atoms with Gasteiger partial charge < -0.3 is 0 Å². The highest BCUT2D eigenvalue weighted by atomic mass is 32.1. The molecule has 0 bridgehead atoms. The molecule has 4 heteroatoms. The van der Waals surface area contributed by atoms with Gasteiger partial charge in [-0.05, 0) is 74.9 Å². The molecule has 0 nitrogen and oxygen atoms in total. The minimum atomic E-state index is -0.645. The number of rotatable bonds is 6. The Balaban J connectivity index is 1.39. The van der Waals surface area contributed by atoms with E-state index < -0.39 is 7.92 Å². The zero-order valence-corrected chi connectivity index (χ0v) is 21.6. The predicted octanol–water partition coefficient (Wildman–Crippen LogP) is 8.63. The highest BCUT2D eigenvalue weighted by Gasteiger charge is 2.17. The first-order valence-electron chi connectivity index (χ1n) is 11.1. The van der Waals surface area contributed by atoms with Crippen LogP contribution >= 0.6 is 41.9 Å². The Morgan fingerprint density at radius 1 is 0.353 bits per heavy atom. The third kappa shape index (κ3) is 4.45. The van der Waals surface area contributed by atoms with Gasteiger partial charge in [-0.1, -0.05) is 91.0 Å². The fourth-order valence-corrected chi connectivity index (χ4v) is 8.54. The summed E-state index contributed by atoms with van der Waals surface area (Å²) in [5.74, 6) is 0. The lowest BCUT2D eigenvalue weighted by Crippen LogP contribution is -2.20. The lowest BCUT2D eigenvalue weighted by atomic mass is 10.2. The molecule has 0 radical (unpaired) electrons. The molecule has 0 saturated carbocycles. The number of hydrogen-bond acceptors (Lipinski definition) is 3. The first-order valence-corrected chi connectivity index (χ1v) is 15.1. The van der Waals surface area contributed by atoms with E-state index in [2.05, 4.69) is 125 Å². The molecule has 0 aliphatic rings. The Morgan fingerprint density at radius 2 is 0.647 bits per heavy atom. The van der Waals surface area contributed by atoms with Crippen molar-refractivity contribution in [3.8, 4) is 31.3 Å². The van der Waals surface area contributed by atoms with Crippen LogP contribution in [0.3, 0.4) is 0 Å². The Labute approximate surface area is 213 Å². The number of hydrogen-bond donors (Lipinski definition) is 0. The van der Waals surface area contributed by atoms with Gasteiger partial charge in [-0.3, -0.25) is 0 Å². The molecule has 3 heterocycles. The van der Waals surface area contributed by atoms with Crippen LogP contribution in [0.5, 0.6) is 0 Å². The summed E-state index contributed by atoms with van der Waals surface area (Å²) in [5, 5.41) is 10.6. The van der Waals surface area contributed by atoms with Crippen molar-refractivity contribution in [2.75, 3.05) is 0 Å². The average molecular weight is 509 g/mol. The summed E-state index contributed by atoms with van der Waals surface area (Å²) in [6.07, 6.45) is 0. The molecule has 3 aromatic heterocycles. The minimum absolute atomic E-state index is 0.645. The molecule has 3 aromatic carbocycles. The van der Waals surface area contributed by atoms with Crippen LogP contribution in [0.4, 0.5) is 0 Å². The van der Waals surface area contributed by atoms with E-state index in [1.165, 1.54) is 47.2 Å². The Morgan fingerprint density at radius 3 is 0.882 bits per heavy atom. The topological polar surface area (TPSA) is 0 Å². The summed E-state index contributed by atoms with van der Waals surface area (Å²) >= 11 is 5.37. The van der Waals surface area contributed by atoms with Crippen molar-refractivity contribution in [2.24, 2.45) is 0 Å². The highest BCUT2D eigenvalue weighted by Crippen LogP contribution is 2.36. The fourth-order valence-electron chi connectivity index (χ4n) is 4.10. The van der Waals surface area contributed by atoms with Gasteiger partial charge in [0.1, 0.15) is 0 Å². The quantitative estimate of drug-likeness (QED) is 0.198. The van der Waals surface area contributed by atoms with E-state index in [0.29, 0.717) is 0 Å². The summed E-state index contributed by atoms with van der Waals surface area (Å²) in [4.78, 5) is 3.95. The van der Waals surface area contributed by atoms with E-state index >= 15 is 0 Å². The van der Waals surface area contributed by atoms with Crippen LogP contribution in [-0.4, -0.2) is 0 Å². The molecule has 164 valence electrons. The lowest BCUT2D eigenvalue weighted by molar-refractivity contribution is 1.71. The van der Waals surface area contributed by atoms with Gasteiger partial charge in [-0.15, -0.1) is 34.0 Å². The summed E-state index contributed by atoms with van der Waals surface area (Å²) in [5.41, 5.74) is 3.86. The SMILES string of the molecule is c1csc(-c2ccc(P(c3ccc(-c4cccs4)cc3)c3ccc(-c4cccs4)cc3)cc2)c1. The van der Waals surface area contributed by atoms with Gasteiger partial charge in [0, 0.05) is 14.6 Å². The largest absolute Gasteiger partial charge is 0.144 e. The molecule has 0 amide bonds. The van der Waals surface area contributed by atoms with Crippen LogP contribution in [0.25, 0.3) is 31.3 Å². The maximum Gasteiger partial charge on any atom is 0.0342 e. The Kier molecular flexibility index (Phi) is 6.27. The van der Waals surface area contributed by atoms with Gasteiger partial charge in [0.05, 0.1) is 0 Å². The molecule has 0 spiro atoms. The summed E-state index contributed by atoms with van der Waals surface area (Å²) in [6.45, 7) is 0. The summed E-state index contributed by atoms with van der Waals surface area (Å²) in [6, 6.07) is 40.5. The van der Waals surface area contributed by atoms with E-state index in [4.69, 9.17) is 0 Å². The average Bonchev–Trinajstić information content (AvgIpc) is 3.69. The Bertz CT molecular complexity index is 1260. The molecule has 0 unspecified atom stereocenters. The zero-order valence-electron chi connectivity index (χ0n) is 18.3. The van der Waals surface area contributed by atoms with Gasteiger partial charge in [-0.2, -0.15) is 0 Å². The van der Waals surface area contributed by atoms with Gasteiger partial charge in [0.15, 0.2) is 0 Å². The second kappa shape index (κ2) is 9.82. The van der Waals surface area contributed by atoms with Crippen molar-refractivity contribution in [2.45, 2.75) is 0 Å². The molecule has 0 saturated heterocycles. The van der Waals surface area contributed by atoms with Gasteiger partial charge in [0.2, 0.25) is 0 Å². The van der Waals surface area contributed by atoms with Crippen molar-refractivity contribution < 1.29 is 0 Å². The number of thiophene rings is 3. The van der Waals surface area contributed by atoms with Crippen LogP contribution in [-0.2, 0) is 0 Å². The standard InChI is InChI=1S/C30H21PS3/c1-4-28(32-19-1)22-7-13-25(14-8-22)31(26-15-9-23(10-16-26)29-5-2-20-33-29)27-17-11-24(12-18-27)30-6-3-21-34-30/h1-21H. The fraction of sp³-hybridized carbons (Fsp3) is 0. The first kappa shape index (κ1) is 21.7. The normalized spacial score (nSPS) is 11.2. The maximum absolute atomic E-state index is 2.32. The Hall–Kier alpha value is -2.81. The molecule has 0 aliphatic heterocycles. The van der Waals surface area contributed by atoms with Crippen LogP contribution in [0.2, 0.25) is 0 Å². The minimum Gasteiger partial charge on any atom is -0.144 e. The predicted molar refractivity (Wildman–Crippen MR) is 155 cm³/mol. The smallest absolute Gasteiger partial charge is 0.0342 e. The first-order chi connectivity index (χ1) is 16.8. The van der Waals surface area contributed by atoms with Gasteiger partial charge in [-0.25, -0.2) is 0 Å².